The molecule has 0 aliphatic rings. The number of imidazole rings is 1. The first kappa shape index (κ1) is 34.9. The first-order valence-electron chi connectivity index (χ1n) is 13.1. The highest BCUT2D eigenvalue weighted by Gasteiger charge is 2.33. The summed E-state index contributed by atoms with van der Waals surface area (Å²) in [5.41, 5.74) is 11.3. The fourth-order valence-electron chi connectivity index (χ4n) is 3.70. The molecule has 41 heavy (non-hydrogen) atoms. The van der Waals surface area contributed by atoms with Crippen molar-refractivity contribution >= 4 is 35.6 Å². The number of aliphatic hydroxyl groups excluding tert-OH is 1. The molecule has 1 aromatic heterocycles. The number of H-pyrrole nitrogens is 1. The summed E-state index contributed by atoms with van der Waals surface area (Å²) >= 11 is 0. The number of carbonyl (C=O) groups is 6. The van der Waals surface area contributed by atoms with Gasteiger partial charge in [-0.2, -0.15) is 0 Å². The SMILES string of the molecule is C[C@@H](O)[C@H](NC(=O)[C@H](Cc1cnc[nH]1)NC(=O)CCN)C(=O)N[C@@H](CCC(=O)O)C(=O)N[C@@H](CCCCN)C(=O)O. The Morgan fingerprint density at radius 3 is 2.05 bits per heavy atom. The second-order valence-corrected chi connectivity index (χ2v) is 9.34. The highest BCUT2D eigenvalue weighted by Crippen LogP contribution is 2.07. The molecule has 0 aliphatic carbocycles. The van der Waals surface area contributed by atoms with Gasteiger partial charge in [0.25, 0.3) is 0 Å². The molecule has 0 aromatic carbocycles. The van der Waals surface area contributed by atoms with Gasteiger partial charge in [-0.05, 0) is 39.2 Å². The number of hydrogen-bond donors (Lipinski definition) is 10. The van der Waals surface area contributed by atoms with E-state index in [1.54, 1.807) is 0 Å². The summed E-state index contributed by atoms with van der Waals surface area (Å²) < 4.78 is 0. The maximum Gasteiger partial charge on any atom is 0.326 e. The van der Waals surface area contributed by atoms with Crippen LogP contribution in [0.1, 0.15) is 51.1 Å². The Labute approximate surface area is 236 Å². The average Bonchev–Trinajstić information content (AvgIpc) is 3.41. The molecule has 17 nitrogen and oxygen atoms in total. The van der Waals surface area contributed by atoms with Gasteiger partial charge in [0.2, 0.25) is 23.6 Å². The van der Waals surface area contributed by atoms with Gasteiger partial charge in [-0.15, -0.1) is 0 Å². The maximum atomic E-state index is 13.1. The lowest BCUT2D eigenvalue weighted by atomic mass is 10.0. The van der Waals surface area contributed by atoms with Crippen molar-refractivity contribution in [3.8, 4) is 0 Å². The van der Waals surface area contributed by atoms with E-state index in [-0.39, 0.29) is 25.8 Å². The molecular formula is C24H40N8O9. The number of unbranched alkanes of at least 4 members (excludes halogenated alkanes) is 1. The number of hydrogen-bond acceptors (Lipinski definition) is 10. The molecule has 0 fully saturated rings. The molecule has 1 rings (SSSR count). The molecule has 0 saturated heterocycles. The molecule has 0 unspecified atom stereocenters. The van der Waals surface area contributed by atoms with E-state index in [0.717, 1.165) is 0 Å². The van der Waals surface area contributed by atoms with E-state index in [4.69, 9.17) is 16.6 Å². The zero-order valence-corrected chi connectivity index (χ0v) is 22.8. The van der Waals surface area contributed by atoms with Crippen LogP contribution in [0.25, 0.3) is 0 Å². The van der Waals surface area contributed by atoms with Crippen molar-refractivity contribution in [2.24, 2.45) is 11.5 Å². The van der Waals surface area contributed by atoms with E-state index >= 15 is 0 Å². The van der Waals surface area contributed by atoms with Gasteiger partial charge in [-0.3, -0.25) is 24.0 Å². The number of aromatic nitrogens is 2. The normalized spacial score (nSPS) is 14.5. The Kier molecular flexibility index (Phi) is 15.6. The zero-order valence-electron chi connectivity index (χ0n) is 22.8. The minimum absolute atomic E-state index is 0.0263. The van der Waals surface area contributed by atoms with Gasteiger partial charge in [0.15, 0.2) is 0 Å². The van der Waals surface area contributed by atoms with Crippen LogP contribution in [0.4, 0.5) is 0 Å². The summed E-state index contributed by atoms with van der Waals surface area (Å²) in [5.74, 6) is -5.97. The minimum atomic E-state index is -1.63. The van der Waals surface area contributed by atoms with Crippen molar-refractivity contribution in [2.45, 2.75) is 82.1 Å². The number of nitrogens with one attached hydrogen (secondary N) is 5. The van der Waals surface area contributed by atoms with Gasteiger partial charge >= 0.3 is 11.9 Å². The standard InChI is InChI=1S/C24H40N8O9/c1-13(33)20(32-22(38)17(29-18(34)7-9-26)10-14-11-27-12-28-14)23(39)30-15(5-6-19(35)36)21(37)31-16(24(40)41)4-2-3-8-25/h11-13,15-17,20,33H,2-10,25-26H2,1H3,(H,27,28)(H,29,34)(H,30,39)(H,31,37)(H,32,38)(H,35,36)(H,40,41)/t13-,15+,16+,17+,20+/m1/s1. The minimum Gasteiger partial charge on any atom is -0.481 e. The van der Waals surface area contributed by atoms with Crippen LogP contribution in [0.2, 0.25) is 0 Å². The number of amides is 4. The first-order chi connectivity index (χ1) is 19.4. The number of carboxylic acid groups (broad SMARTS) is 2. The topological polar surface area (TPSA) is 292 Å². The van der Waals surface area contributed by atoms with E-state index in [9.17, 15) is 39.0 Å². The zero-order chi connectivity index (χ0) is 30.9. The van der Waals surface area contributed by atoms with Crippen molar-refractivity contribution in [1.29, 1.82) is 0 Å². The molecular weight excluding hydrogens is 544 g/mol. The highest BCUT2D eigenvalue weighted by molar-refractivity contribution is 5.95. The van der Waals surface area contributed by atoms with Crippen LogP contribution in [0.5, 0.6) is 0 Å². The van der Waals surface area contributed by atoms with Crippen molar-refractivity contribution in [1.82, 2.24) is 31.2 Å². The third kappa shape index (κ3) is 13.2. The van der Waals surface area contributed by atoms with Crippen LogP contribution in [0, 0.1) is 0 Å². The Hall–Kier alpha value is -4.09. The number of carboxylic acids is 2. The number of aliphatic carboxylic acids is 2. The van der Waals surface area contributed by atoms with E-state index in [0.29, 0.717) is 25.1 Å². The molecule has 1 heterocycles. The highest BCUT2D eigenvalue weighted by atomic mass is 16.4. The molecule has 0 aliphatic heterocycles. The van der Waals surface area contributed by atoms with Gasteiger partial charge in [-0.1, -0.05) is 0 Å². The fourth-order valence-corrected chi connectivity index (χ4v) is 3.70. The summed E-state index contributed by atoms with van der Waals surface area (Å²) in [7, 11) is 0. The number of aliphatic hydroxyl groups is 1. The largest absolute Gasteiger partial charge is 0.481 e. The van der Waals surface area contributed by atoms with Crippen LogP contribution >= 0.6 is 0 Å². The number of nitrogens with two attached hydrogens (primary N) is 2. The summed E-state index contributed by atoms with van der Waals surface area (Å²) in [5, 5.41) is 38.2. The van der Waals surface area contributed by atoms with Crippen LogP contribution in [0.3, 0.4) is 0 Å². The molecule has 17 heteroatoms. The lowest BCUT2D eigenvalue weighted by Crippen LogP contribution is -2.60. The third-order valence-corrected chi connectivity index (χ3v) is 5.91. The Morgan fingerprint density at radius 2 is 1.51 bits per heavy atom. The van der Waals surface area contributed by atoms with Gasteiger partial charge in [0.05, 0.1) is 12.4 Å². The molecule has 1 aromatic rings. The summed E-state index contributed by atoms with van der Waals surface area (Å²) in [6.45, 7) is 1.55. The van der Waals surface area contributed by atoms with Crippen molar-refractivity contribution < 1.29 is 44.1 Å². The monoisotopic (exact) mass is 584 g/mol. The lowest BCUT2D eigenvalue weighted by molar-refractivity contribution is -0.143. The second-order valence-electron chi connectivity index (χ2n) is 9.34. The van der Waals surface area contributed by atoms with Crippen LogP contribution in [0.15, 0.2) is 12.5 Å². The number of nitrogens with zero attached hydrogens (tertiary/aromatic N) is 1. The van der Waals surface area contributed by atoms with E-state index < -0.39 is 78.7 Å². The van der Waals surface area contributed by atoms with Crippen LogP contribution in [-0.2, 0) is 35.2 Å². The Morgan fingerprint density at radius 1 is 0.854 bits per heavy atom. The molecule has 12 N–H and O–H groups in total. The summed E-state index contributed by atoms with van der Waals surface area (Å²) in [6, 6.07) is -5.64. The molecule has 0 radical (unpaired) electrons. The quantitative estimate of drug-likeness (QED) is 0.0674. The van der Waals surface area contributed by atoms with E-state index in [1.807, 2.05) is 0 Å². The molecule has 230 valence electrons. The van der Waals surface area contributed by atoms with Crippen LogP contribution < -0.4 is 32.7 Å². The summed E-state index contributed by atoms with van der Waals surface area (Å²) in [4.78, 5) is 80.6. The molecule has 4 amide bonds. The smallest absolute Gasteiger partial charge is 0.326 e. The van der Waals surface area contributed by atoms with Gasteiger partial charge in [-0.25, -0.2) is 9.78 Å². The van der Waals surface area contributed by atoms with E-state index in [2.05, 4.69) is 31.2 Å². The number of rotatable bonds is 20. The van der Waals surface area contributed by atoms with Crippen molar-refractivity contribution in [2.75, 3.05) is 13.1 Å². The van der Waals surface area contributed by atoms with Gasteiger partial charge in [0.1, 0.15) is 24.2 Å². The number of carbonyl (C=O) groups excluding carboxylic acids is 4. The van der Waals surface area contributed by atoms with Gasteiger partial charge in [0, 0.05) is 37.7 Å². The van der Waals surface area contributed by atoms with E-state index in [1.165, 1.54) is 19.4 Å². The predicted molar refractivity (Wildman–Crippen MR) is 143 cm³/mol. The van der Waals surface area contributed by atoms with Gasteiger partial charge < -0.3 is 53.0 Å². The summed E-state index contributed by atoms with van der Waals surface area (Å²) in [6.07, 6.45) is 1.22. The molecule has 0 spiro atoms. The molecule has 0 saturated carbocycles. The number of aromatic amines is 1. The average molecular weight is 585 g/mol. The fraction of sp³-hybridized carbons (Fsp3) is 0.625. The Bertz CT molecular complexity index is 1020. The third-order valence-electron chi connectivity index (χ3n) is 5.91. The predicted octanol–water partition coefficient (Wildman–Crippen LogP) is -3.30. The second kappa shape index (κ2) is 18.3. The maximum absolute atomic E-state index is 13.1. The molecule has 0 bridgehead atoms. The lowest BCUT2D eigenvalue weighted by Gasteiger charge is -2.27. The molecule has 5 atom stereocenters. The Balaban J connectivity index is 3.07. The van der Waals surface area contributed by atoms with Crippen LogP contribution in [-0.4, -0.2) is 104 Å². The van der Waals surface area contributed by atoms with Crippen molar-refractivity contribution in [3.63, 3.8) is 0 Å². The first-order valence-corrected chi connectivity index (χ1v) is 13.1. The van der Waals surface area contributed by atoms with Crippen molar-refractivity contribution in [3.05, 3.63) is 18.2 Å².